The summed E-state index contributed by atoms with van der Waals surface area (Å²) in [5.74, 6) is -4.59. The molecule has 2 rings (SSSR count). The van der Waals surface area contributed by atoms with Gasteiger partial charge >= 0.3 is 6.09 Å². The second-order valence-electron chi connectivity index (χ2n) is 5.47. The van der Waals surface area contributed by atoms with Gasteiger partial charge in [-0.05, 0) is 24.9 Å². The maximum absolute atomic E-state index is 12.3. The molecule has 0 atom stereocenters. The lowest BCUT2D eigenvalue weighted by molar-refractivity contribution is -0.114. The van der Waals surface area contributed by atoms with Crippen molar-refractivity contribution in [2.45, 2.75) is 26.5 Å². The number of aromatic nitrogens is 2. The topological polar surface area (TPSA) is 159 Å². The van der Waals surface area contributed by atoms with E-state index in [4.69, 9.17) is 44.2 Å². The number of nitrogens with zero attached hydrogens (tertiary/aromatic N) is 3. The molecule has 32 heavy (non-hydrogen) atoms. The molecule has 0 aliphatic carbocycles. The quantitative estimate of drug-likeness (QED) is 0.393. The Morgan fingerprint density at radius 2 is 2.09 bits per heavy atom. The van der Waals surface area contributed by atoms with Crippen molar-refractivity contribution in [3.8, 4) is 17.7 Å². The first-order chi connectivity index (χ1) is 18.4. The van der Waals surface area contributed by atoms with Crippen LogP contribution in [0.5, 0.6) is 11.6 Å². The van der Waals surface area contributed by atoms with Gasteiger partial charge in [0.2, 0.25) is 11.6 Å². The number of benzene rings is 1. The lowest BCUT2D eigenvalue weighted by atomic mass is 10.1. The molecule has 1 aromatic carbocycles. The molecule has 2 aromatic rings. The number of carbonyl (C=O) groups is 2. The number of ether oxygens (including phenoxy) is 2. The van der Waals surface area contributed by atoms with E-state index in [0.717, 1.165) is 6.07 Å². The van der Waals surface area contributed by atoms with E-state index in [-0.39, 0.29) is 6.61 Å². The summed E-state index contributed by atoms with van der Waals surface area (Å²) in [6.07, 6.45) is -1.14. The van der Waals surface area contributed by atoms with Gasteiger partial charge in [0, 0.05) is 19.9 Å². The highest BCUT2D eigenvalue weighted by Gasteiger charge is 2.17. The molecule has 0 spiro atoms. The van der Waals surface area contributed by atoms with Crippen LogP contribution in [0.15, 0.2) is 28.0 Å². The number of carbonyl (C=O) groups excluding carboxylic acids is 2. The van der Waals surface area contributed by atoms with Crippen molar-refractivity contribution in [1.82, 2.24) is 15.5 Å². The normalized spacial score (nSPS) is 15.4. The minimum atomic E-state index is -3.11. The number of rotatable bonds is 7. The van der Waals surface area contributed by atoms with Crippen LogP contribution in [0.4, 0.5) is 10.5 Å². The molecule has 0 fully saturated rings. The first kappa shape index (κ1) is 15.2. The first-order valence-electron chi connectivity index (χ1n) is 12.4. The van der Waals surface area contributed by atoms with Crippen LogP contribution in [0.1, 0.15) is 43.1 Å². The Bertz CT molecular complexity index is 1410. The fraction of sp³-hybridized carbons (Fsp3) is 0.263. The van der Waals surface area contributed by atoms with Crippen LogP contribution >= 0.6 is 23.2 Å². The molecule has 0 unspecified atom stereocenters. The molecule has 0 aliphatic heterocycles. The predicted octanol–water partition coefficient (Wildman–Crippen LogP) is 3.56. The number of anilines is 1. The van der Waals surface area contributed by atoms with E-state index in [9.17, 15) is 14.4 Å². The Hall–Kier alpha value is -3.62. The number of aromatic amines is 1. The zero-order valence-electron chi connectivity index (χ0n) is 24.0. The van der Waals surface area contributed by atoms with Gasteiger partial charge in [0.1, 0.15) is 6.07 Å². The van der Waals surface area contributed by atoms with Crippen molar-refractivity contribution in [2.24, 2.45) is 5.10 Å². The summed E-state index contributed by atoms with van der Waals surface area (Å²) in [6.45, 7) is -4.80. The Balaban J connectivity index is 2.48. The smallest absolute Gasteiger partial charge is 0.414 e. The fourth-order valence-corrected chi connectivity index (χ4v) is 2.44. The molecule has 11 nitrogen and oxygen atoms in total. The molecule has 0 bridgehead atoms. The maximum Gasteiger partial charge on any atom is 0.414 e. The summed E-state index contributed by atoms with van der Waals surface area (Å²) in [5.41, 5.74) is -1.08. The van der Waals surface area contributed by atoms with Crippen LogP contribution in [0, 0.1) is 11.3 Å². The maximum atomic E-state index is 12.3. The fourth-order valence-electron chi connectivity index (χ4n) is 1.94. The largest absolute Gasteiger partial charge is 0.450 e. The zero-order valence-corrected chi connectivity index (χ0v) is 17.5. The molecule has 13 heteroatoms. The van der Waals surface area contributed by atoms with E-state index in [0.29, 0.717) is 0 Å². The van der Waals surface area contributed by atoms with E-state index < -0.39 is 87.9 Å². The Kier molecular flexibility index (Phi) is 5.29. The van der Waals surface area contributed by atoms with Gasteiger partial charge < -0.3 is 9.47 Å². The molecule has 0 saturated carbocycles. The van der Waals surface area contributed by atoms with Crippen molar-refractivity contribution in [2.75, 3.05) is 12.0 Å². The number of alkyl carbamates (subject to hydrolysis) is 1. The lowest BCUT2D eigenvalue weighted by Crippen LogP contribution is -2.36. The van der Waals surface area contributed by atoms with Gasteiger partial charge in [0.25, 0.3) is 11.5 Å². The number of hydrogen-bond acceptors (Lipinski definition) is 9. The van der Waals surface area contributed by atoms with Crippen LogP contribution < -0.4 is 21.0 Å². The Morgan fingerprint density at radius 1 is 1.41 bits per heavy atom. The third-order valence-corrected chi connectivity index (χ3v) is 3.82. The van der Waals surface area contributed by atoms with Crippen LogP contribution in [0.2, 0.25) is 10.0 Å². The minimum Gasteiger partial charge on any atom is -0.450 e. The highest BCUT2D eigenvalue weighted by atomic mass is 35.5. The first-order valence-corrected chi connectivity index (χ1v) is 9.17. The number of nitrogens with one attached hydrogen (secondary N) is 3. The molecule has 2 amide bonds. The number of imide groups is 1. The molecule has 0 radical (unpaired) electrons. The SMILES string of the molecule is [2H]c1c(Cl)c(Oc2cc(C(C([2H])([2H])[2H])C([2H])([2H])[2H])c(=O)[nH]n2)c(Cl)c([2H])c1N/N=C(/C#N)C(=O)NC(=O)OCC. The zero-order chi connectivity index (χ0) is 30.6. The van der Waals surface area contributed by atoms with Crippen LogP contribution in [-0.2, 0) is 9.53 Å². The monoisotopic (exact) mass is 488 g/mol. The molecule has 1 heterocycles. The second-order valence-corrected chi connectivity index (χ2v) is 6.22. The number of halogens is 2. The van der Waals surface area contributed by atoms with Crippen molar-refractivity contribution >= 4 is 46.6 Å². The highest BCUT2D eigenvalue weighted by molar-refractivity contribution is 6.47. The molecule has 0 saturated heterocycles. The highest BCUT2D eigenvalue weighted by Crippen LogP contribution is 2.38. The van der Waals surface area contributed by atoms with Gasteiger partial charge in [0.05, 0.1) is 25.1 Å². The van der Waals surface area contributed by atoms with E-state index in [2.05, 4.69) is 20.4 Å². The van der Waals surface area contributed by atoms with E-state index in [1.807, 2.05) is 5.10 Å². The molecule has 168 valence electrons. The number of nitriles is 1. The van der Waals surface area contributed by atoms with Crippen molar-refractivity contribution in [3.05, 3.63) is 44.1 Å². The summed E-state index contributed by atoms with van der Waals surface area (Å²) < 4.78 is 71.7. The third kappa shape index (κ3) is 6.44. The number of amides is 2. The second kappa shape index (κ2) is 11.1. The van der Waals surface area contributed by atoms with Gasteiger partial charge in [-0.1, -0.05) is 36.9 Å². The lowest BCUT2D eigenvalue weighted by Gasteiger charge is -2.12. The Morgan fingerprint density at radius 3 is 2.69 bits per heavy atom. The molecule has 0 aliphatic rings. The van der Waals surface area contributed by atoms with Gasteiger partial charge in [-0.2, -0.15) is 10.4 Å². The molecular weight excluding hydrogens is 463 g/mol. The number of hydrogen-bond donors (Lipinski definition) is 3. The summed E-state index contributed by atoms with van der Waals surface area (Å²) in [6, 6.07) is 0.808. The molecule has 1 aromatic heterocycles. The average Bonchev–Trinajstić information content (AvgIpc) is 2.83. The van der Waals surface area contributed by atoms with Gasteiger partial charge in [-0.3, -0.25) is 20.3 Å². The Labute approximate surface area is 203 Å². The van der Waals surface area contributed by atoms with Crippen LogP contribution in [-0.4, -0.2) is 34.5 Å². The van der Waals surface area contributed by atoms with Gasteiger partial charge in [0.15, 0.2) is 5.75 Å². The van der Waals surface area contributed by atoms with Gasteiger partial charge in [-0.25, -0.2) is 9.89 Å². The average molecular weight is 489 g/mol. The van der Waals surface area contributed by atoms with E-state index >= 15 is 0 Å². The summed E-state index contributed by atoms with van der Waals surface area (Å²) in [4.78, 5) is 35.6. The standard InChI is InChI=1S/C19H18Cl2N6O5/c1-4-31-19(30)23-18(29)14(8-22)25-24-10-5-12(20)16(13(21)6-10)32-15-7-11(9(2)3)17(28)27-26-15/h5-7,9,24H,4H2,1-3H3,(H,27,28)(H,23,29,30)/b25-14-/i2D3,3D3,5D,6D. The van der Waals surface area contributed by atoms with Crippen LogP contribution in [0.3, 0.4) is 0 Å². The summed E-state index contributed by atoms with van der Waals surface area (Å²) >= 11 is 12.3. The van der Waals surface area contributed by atoms with Crippen molar-refractivity contribution in [1.29, 1.82) is 5.26 Å². The van der Waals surface area contributed by atoms with E-state index in [1.54, 1.807) is 5.32 Å². The minimum absolute atomic E-state index is 0.0540. The summed E-state index contributed by atoms with van der Waals surface area (Å²) in [7, 11) is 0. The van der Waals surface area contributed by atoms with E-state index in [1.165, 1.54) is 13.0 Å². The van der Waals surface area contributed by atoms with Crippen LogP contribution in [0.25, 0.3) is 0 Å². The van der Waals surface area contributed by atoms with Crippen molar-refractivity contribution in [3.63, 3.8) is 0 Å². The van der Waals surface area contributed by atoms with Gasteiger partial charge in [-0.15, -0.1) is 5.10 Å². The number of H-pyrrole nitrogens is 1. The number of hydrazone groups is 1. The molecule has 3 N–H and O–H groups in total. The molecular formula is C19H18Cl2N6O5. The predicted molar refractivity (Wildman–Crippen MR) is 117 cm³/mol. The summed E-state index contributed by atoms with van der Waals surface area (Å²) in [5, 5.41) is 18.7. The van der Waals surface area contributed by atoms with Crippen molar-refractivity contribution < 1.29 is 30.0 Å². The third-order valence-electron chi connectivity index (χ3n) is 3.29.